The quantitative estimate of drug-likeness (QED) is 0.481. The summed E-state index contributed by atoms with van der Waals surface area (Å²) >= 11 is 0. The highest BCUT2D eigenvalue weighted by atomic mass is 16.5. The molecule has 0 heterocycles. The third-order valence-electron chi connectivity index (χ3n) is 0.962. The first-order chi connectivity index (χ1) is 4.70. The topological polar surface area (TPSA) is 29.5 Å². The second-order valence-electron chi connectivity index (χ2n) is 1.79. The molecule has 0 aromatic rings. The number of hydrogen-bond donors (Lipinski definition) is 1. The van der Waals surface area contributed by atoms with Crippen LogP contribution in [0.2, 0.25) is 0 Å². The Kier molecular flexibility index (Phi) is 4.12. The van der Waals surface area contributed by atoms with Crippen molar-refractivity contribution in [3.63, 3.8) is 0 Å². The van der Waals surface area contributed by atoms with Crippen LogP contribution in [0.1, 0.15) is 6.92 Å². The lowest BCUT2D eigenvalue weighted by molar-refractivity contribution is 0.289. The van der Waals surface area contributed by atoms with Crippen molar-refractivity contribution in [1.29, 1.82) is 0 Å². The van der Waals surface area contributed by atoms with E-state index >= 15 is 0 Å². The molecule has 0 aliphatic carbocycles. The van der Waals surface area contributed by atoms with Crippen LogP contribution >= 0.6 is 0 Å². The van der Waals surface area contributed by atoms with Gasteiger partial charge < -0.3 is 9.84 Å². The van der Waals surface area contributed by atoms with E-state index in [4.69, 9.17) is 9.84 Å². The minimum atomic E-state index is 0.148. The molecule has 0 saturated carbocycles. The minimum absolute atomic E-state index is 0.148. The highest BCUT2D eigenvalue weighted by Gasteiger charge is 1.86. The lowest BCUT2D eigenvalue weighted by Gasteiger charge is -1.96. The van der Waals surface area contributed by atoms with Gasteiger partial charge in [-0.3, -0.25) is 0 Å². The maximum Gasteiger partial charge on any atom is 0.118 e. The monoisotopic (exact) mass is 140 g/mol. The highest BCUT2D eigenvalue weighted by Crippen LogP contribution is 1.98. The molecule has 0 aliphatic rings. The summed E-state index contributed by atoms with van der Waals surface area (Å²) in [6.45, 7) is 5.18. The fourth-order valence-corrected chi connectivity index (χ4v) is 0.436. The molecule has 0 amide bonds. The zero-order chi connectivity index (χ0) is 7.98. The number of methoxy groups -OCH3 is 1. The van der Waals surface area contributed by atoms with E-state index in [1.54, 1.807) is 14.0 Å². The van der Waals surface area contributed by atoms with E-state index in [9.17, 15) is 0 Å². The second kappa shape index (κ2) is 4.68. The van der Waals surface area contributed by atoms with Crippen LogP contribution in [-0.2, 0) is 4.74 Å². The molecular formula is C8H12O2. The Morgan fingerprint density at radius 3 is 2.60 bits per heavy atom. The molecule has 0 spiro atoms. The van der Waals surface area contributed by atoms with E-state index in [2.05, 4.69) is 6.58 Å². The molecule has 0 aromatic carbocycles. The Labute approximate surface area is 61.1 Å². The van der Waals surface area contributed by atoms with Crippen molar-refractivity contribution in [1.82, 2.24) is 0 Å². The number of aliphatic hydroxyl groups excluding tert-OH is 1. The SMILES string of the molecule is C=C/C=C(O)\C=C(/C)OC. The molecule has 0 saturated heterocycles. The van der Waals surface area contributed by atoms with Gasteiger partial charge in [-0.1, -0.05) is 12.7 Å². The molecule has 0 bridgehead atoms. The minimum Gasteiger partial charge on any atom is -0.508 e. The molecule has 0 atom stereocenters. The van der Waals surface area contributed by atoms with Crippen molar-refractivity contribution in [3.8, 4) is 0 Å². The van der Waals surface area contributed by atoms with Gasteiger partial charge in [0.05, 0.1) is 12.9 Å². The first kappa shape index (κ1) is 8.82. The predicted molar refractivity (Wildman–Crippen MR) is 41.7 cm³/mol. The first-order valence-corrected chi connectivity index (χ1v) is 2.94. The number of rotatable bonds is 3. The fraction of sp³-hybridized carbons (Fsp3) is 0.250. The van der Waals surface area contributed by atoms with Crippen molar-refractivity contribution in [2.45, 2.75) is 6.92 Å². The zero-order valence-electron chi connectivity index (χ0n) is 6.29. The van der Waals surface area contributed by atoms with Gasteiger partial charge in [0.15, 0.2) is 0 Å². The van der Waals surface area contributed by atoms with Crippen LogP contribution in [0.4, 0.5) is 0 Å². The van der Waals surface area contributed by atoms with Crippen LogP contribution in [-0.4, -0.2) is 12.2 Å². The number of ether oxygens (including phenoxy) is 1. The summed E-state index contributed by atoms with van der Waals surface area (Å²) in [6.07, 6.45) is 4.51. The van der Waals surface area contributed by atoms with Gasteiger partial charge in [0.25, 0.3) is 0 Å². The standard InChI is InChI=1S/C8H12O2/c1-4-5-8(9)6-7(2)10-3/h4-6,9H,1H2,2-3H3/b7-6+,8-5+. The van der Waals surface area contributed by atoms with E-state index in [0.717, 1.165) is 0 Å². The van der Waals surface area contributed by atoms with Crippen molar-refractivity contribution >= 4 is 0 Å². The third-order valence-corrected chi connectivity index (χ3v) is 0.962. The molecule has 0 rings (SSSR count). The number of hydrogen-bond acceptors (Lipinski definition) is 2. The van der Waals surface area contributed by atoms with Gasteiger partial charge in [0.2, 0.25) is 0 Å². The average molecular weight is 140 g/mol. The third kappa shape index (κ3) is 3.78. The second-order valence-corrected chi connectivity index (χ2v) is 1.79. The largest absolute Gasteiger partial charge is 0.508 e. The van der Waals surface area contributed by atoms with Crippen molar-refractivity contribution in [2.75, 3.05) is 7.11 Å². The fourth-order valence-electron chi connectivity index (χ4n) is 0.436. The normalized spacial score (nSPS) is 13.0. The summed E-state index contributed by atoms with van der Waals surface area (Å²) in [6, 6.07) is 0. The van der Waals surface area contributed by atoms with Crippen LogP contribution < -0.4 is 0 Å². The van der Waals surface area contributed by atoms with Gasteiger partial charge in [-0.2, -0.15) is 0 Å². The van der Waals surface area contributed by atoms with E-state index in [-0.39, 0.29) is 5.76 Å². The van der Waals surface area contributed by atoms with Crippen molar-refractivity contribution in [3.05, 3.63) is 36.3 Å². The zero-order valence-corrected chi connectivity index (χ0v) is 6.29. The summed E-state index contributed by atoms with van der Waals surface area (Å²) in [5, 5.41) is 8.98. The summed E-state index contributed by atoms with van der Waals surface area (Å²) in [5.74, 6) is 0.810. The first-order valence-electron chi connectivity index (χ1n) is 2.94. The van der Waals surface area contributed by atoms with Crippen LogP contribution in [0.3, 0.4) is 0 Å². The average Bonchev–Trinajstić information content (AvgIpc) is 1.88. The maximum atomic E-state index is 8.98. The van der Waals surface area contributed by atoms with Crippen molar-refractivity contribution in [2.24, 2.45) is 0 Å². The molecule has 0 fully saturated rings. The van der Waals surface area contributed by atoms with Crippen LogP contribution in [0, 0.1) is 0 Å². The van der Waals surface area contributed by atoms with Crippen molar-refractivity contribution < 1.29 is 9.84 Å². The van der Waals surface area contributed by atoms with Gasteiger partial charge in [-0.15, -0.1) is 0 Å². The summed E-state index contributed by atoms with van der Waals surface area (Å²) in [4.78, 5) is 0. The summed E-state index contributed by atoms with van der Waals surface area (Å²) < 4.78 is 4.79. The van der Waals surface area contributed by atoms with E-state index in [1.165, 1.54) is 18.2 Å². The van der Waals surface area contributed by atoms with E-state index in [1.807, 2.05) is 0 Å². The number of allylic oxidation sites excluding steroid dienone is 4. The van der Waals surface area contributed by atoms with Gasteiger partial charge in [-0.05, 0) is 13.0 Å². The Morgan fingerprint density at radius 2 is 2.20 bits per heavy atom. The predicted octanol–water partition coefficient (Wildman–Crippen LogP) is 2.16. The van der Waals surface area contributed by atoms with Gasteiger partial charge in [0, 0.05) is 6.08 Å². The van der Waals surface area contributed by atoms with E-state index < -0.39 is 0 Å². The van der Waals surface area contributed by atoms with Crippen LogP contribution in [0.5, 0.6) is 0 Å². The Morgan fingerprint density at radius 1 is 1.60 bits per heavy atom. The Balaban J connectivity index is 4.11. The molecule has 10 heavy (non-hydrogen) atoms. The molecule has 0 radical (unpaired) electrons. The van der Waals surface area contributed by atoms with Crippen LogP contribution in [0.25, 0.3) is 0 Å². The summed E-state index contributed by atoms with van der Waals surface area (Å²) in [7, 11) is 1.55. The molecule has 1 N–H and O–H groups in total. The van der Waals surface area contributed by atoms with Gasteiger partial charge >= 0.3 is 0 Å². The molecule has 2 heteroatoms. The van der Waals surface area contributed by atoms with Gasteiger partial charge in [0.1, 0.15) is 5.76 Å². The number of aliphatic hydroxyl groups is 1. The molecule has 0 unspecified atom stereocenters. The summed E-state index contributed by atoms with van der Waals surface area (Å²) in [5.41, 5.74) is 0. The van der Waals surface area contributed by atoms with E-state index in [0.29, 0.717) is 5.76 Å². The highest BCUT2D eigenvalue weighted by molar-refractivity contribution is 5.17. The van der Waals surface area contributed by atoms with Crippen LogP contribution in [0.15, 0.2) is 36.3 Å². The smallest absolute Gasteiger partial charge is 0.118 e. The lowest BCUT2D eigenvalue weighted by atomic mass is 10.4. The molecule has 56 valence electrons. The Hall–Kier alpha value is -1.18. The molecular weight excluding hydrogens is 128 g/mol. The maximum absolute atomic E-state index is 8.98. The molecule has 0 aliphatic heterocycles. The Bertz CT molecular complexity index is 166. The molecule has 2 nitrogen and oxygen atoms in total. The van der Waals surface area contributed by atoms with Gasteiger partial charge in [-0.25, -0.2) is 0 Å². The molecule has 0 aromatic heterocycles. The lowest BCUT2D eigenvalue weighted by Crippen LogP contribution is -1.81.